The SMILES string of the molecule is CC(F)[C@@H]1[C@@H](O)C(O)CNC12CC2. The Balaban J connectivity index is 2.16. The molecule has 4 atom stereocenters. The predicted molar refractivity (Wildman–Crippen MR) is 46.0 cm³/mol. The quantitative estimate of drug-likeness (QED) is 0.536. The predicted octanol–water partition coefficient (Wildman–Crippen LogP) is -0.182. The van der Waals surface area contributed by atoms with Crippen LogP contribution in [-0.2, 0) is 0 Å². The van der Waals surface area contributed by atoms with E-state index in [1.165, 1.54) is 6.92 Å². The summed E-state index contributed by atoms with van der Waals surface area (Å²) in [5.74, 6) is -0.448. The number of halogens is 1. The average molecular weight is 189 g/mol. The van der Waals surface area contributed by atoms with E-state index in [1.54, 1.807) is 0 Å². The van der Waals surface area contributed by atoms with E-state index < -0.39 is 24.3 Å². The van der Waals surface area contributed by atoms with Crippen LogP contribution >= 0.6 is 0 Å². The standard InChI is InChI=1S/C9H16FNO2/c1-5(10)7-8(13)6(12)4-11-9(7)2-3-9/h5-8,11-13H,2-4H2,1H3/t5?,6?,7-,8+/m1/s1. The Labute approximate surface area is 77.0 Å². The summed E-state index contributed by atoms with van der Waals surface area (Å²) in [5.41, 5.74) is -0.215. The van der Waals surface area contributed by atoms with Crippen molar-refractivity contribution in [2.45, 2.75) is 43.7 Å². The van der Waals surface area contributed by atoms with Crippen molar-refractivity contribution in [2.75, 3.05) is 6.54 Å². The largest absolute Gasteiger partial charge is 0.390 e. The minimum atomic E-state index is -1.07. The van der Waals surface area contributed by atoms with Crippen molar-refractivity contribution in [1.82, 2.24) is 5.32 Å². The van der Waals surface area contributed by atoms with Gasteiger partial charge in [0.2, 0.25) is 0 Å². The van der Waals surface area contributed by atoms with Crippen LogP contribution in [-0.4, -0.2) is 40.7 Å². The molecule has 3 nitrogen and oxygen atoms in total. The molecule has 2 unspecified atom stereocenters. The molecule has 3 N–H and O–H groups in total. The first kappa shape index (κ1) is 9.37. The molecule has 13 heavy (non-hydrogen) atoms. The minimum Gasteiger partial charge on any atom is -0.390 e. The Morgan fingerprint density at radius 2 is 2.08 bits per heavy atom. The van der Waals surface area contributed by atoms with E-state index in [2.05, 4.69) is 5.32 Å². The van der Waals surface area contributed by atoms with Gasteiger partial charge in [-0.05, 0) is 19.8 Å². The maximum Gasteiger partial charge on any atom is 0.104 e. The summed E-state index contributed by atoms with van der Waals surface area (Å²) < 4.78 is 13.2. The number of alkyl halides is 1. The van der Waals surface area contributed by atoms with Gasteiger partial charge < -0.3 is 15.5 Å². The highest BCUT2D eigenvalue weighted by atomic mass is 19.1. The maximum atomic E-state index is 13.2. The highest BCUT2D eigenvalue weighted by molar-refractivity contribution is 5.14. The monoisotopic (exact) mass is 189 g/mol. The van der Waals surface area contributed by atoms with Gasteiger partial charge in [-0.2, -0.15) is 0 Å². The van der Waals surface area contributed by atoms with Gasteiger partial charge in [-0.1, -0.05) is 0 Å². The van der Waals surface area contributed by atoms with Crippen LogP contribution in [0.3, 0.4) is 0 Å². The van der Waals surface area contributed by atoms with Crippen molar-refractivity contribution in [3.8, 4) is 0 Å². The van der Waals surface area contributed by atoms with Crippen LogP contribution in [0, 0.1) is 5.92 Å². The summed E-state index contributed by atoms with van der Waals surface area (Å²) >= 11 is 0. The third kappa shape index (κ3) is 1.37. The second-order valence-corrected chi connectivity index (χ2v) is 4.30. The lowest BCUT2D eigenvalue weighted by atomic mass is 9.81. The molecular formula is C9H16FNO2. The van der Waals surface area contributed by atoms with E-state index in [9.17, 15) is 14.6 Å². The summed E-state index contributed by atoms with van der Waals surface area (Å²) in [6.45, 7) is 1.83. The van der Waals surface area contributed by atoms with Crippen LogP contribution < -0.4 is 5.32 Å². The van der Waals surface area contributed by atoms with E-state index in [-0.39, 0.29) is 5.54 Å². The first-order valence-electron chi connectivity index (χ1n) is 4.82. The molecule has 1 spiro atoms. The molecule has 1 heterocycles. The number of nitrogens with one attached hydrogen (secondary N) is 1. The van der Waals surface area contributed by atoms with Gasteiger partial charge in [0.15, 0.2) is 0 Å². The van der Waals surface area contributed by atoms with Crippen molar-refractivity contribution in [3.05, 3.63) is 0 Å². The lowest BCUT2D eigenvalue weighted by Crippen LogP contribution is -2.60. The molecular weight excluding hydrogens is 173 g/mol. The molecule has 4 heteroatoms. The molecule has 1 aliphatic carbocycles. The Bertz CT molecular complexity index is 206. The Hall–Kier alpha value is -0.190. The third-order valence-electron chi connectivity index (χ3n) is 3.35. The Kier molecular flexibility index (Phi) is 2.09. The number of rotatable bonds is 1. The number of hydrogen-bond donors (Lipinski definition) is 3. The fourth-order valence-electron chi connectivity index (χ4n) is 2.47. The second kappa shape index (κ2) is 2.90. The molecule has 2 rings (SSSR count). The van der Waals surface area contributed by atoms with Crippen LogP contribution in [0.2, 0.25) is 0 Å². The zero-order valence-corrected chi connectivity index (χ0v) is 7.70. The number of piperidine rings is 1. The van der Waals surface area contributed by atoms with Gasteiger partial charge in [-0.25, -0.2) is 4.39 Å². The van der Waals surface area contributed by atoms with Gasteiger partial charge >= 0.3 is 0 Å². The van der Waals surface area contributed by atoms with E-state index >= 15 is 0 Å². The summed E-state index contributed by atoms with van der Waals surface area (Å²) in [6, 6.07) is 0. The molecule has 76 valence electrons. The second-order valence-electron chi connectivity index (χ2n) is 4.30. The molecule has 0 aromatic heterocycles. The normalized spacial score (nSPS) is 44.8. The maximum absolute atomic E-state index is 13.2. The van der Waals surface area contributed by atoms with Crippen molar-refractivity contribution >= 4 is 0 Å². The highest BCUT2D eigenvalue weighted by Crippen LogP contribution is 2.48. The van der Waals surface area contributed by atoms with Gasteiger partial charge in [0.1, 0.15) is 6.17 Å². The lowest BCUT2D eigenvalue weighted by Gasteiger charge is -2.40. The molecule has 0 bridgehead atoms. The fourth-order valence-corrected chi connectivity index (χ4v) is 2.47. The summed E-state index contributed by atoms with van der Waals surface area (Å²) in [6.07, 6.45) is -0.982. The van der Waals surface area contributed by atoms with Gasteiger partial charge in [-0.3, -0.25) is 0 Å². The van der Waals surface area contributed by atoms with Crippen molar-refractivity contribution in [3.63, 3.8) is 0 Å². The van der Waals surface area contributed by atoms with E-state index in [4.69, 9.17) is 0 Å². The third-order valence-corrected chi connectivity index (χ3v) is 3.35. The number of aliphatic hydroxyl groups excluding tert-OH is 2. The molecule has 0 amide bonds. The molecule has 2 aliphatic rings. The first-order valence-corrected chi connectivity index (χ1v) is 4.82. The van der Waals surface area contributed by atoms with Crippen LogP contribution in [0.15, 0.2) is 0 Å². The lowest BCUT2D eigenvalue weighted by molar-refractivity contribution is -0.0782. The molecule has 0 aromatic carbocycles. The topological polar surface area (TPSA) is 52.5 Å². The summed E-state index contributed by atoms with van der Waals surface area (Å²) in [7, 11) is 0. The van der Waals surface area contributed by atoms with Crippen LogP contribution in [0.4, 0.5) is 4.39 Å². The highest BCUT2D eigenvalue weighted by Gasteiger charge is 2.57. The van der Waals surface area contributed by atoms with Gasteiger partial charge in [0, 0.05) is 18.0 Å². The number of aliphatic hydroxyl groups is 2. The molecule has 2 fully saturated rings. The van der Waals surface area contributed by atoms with Gasteiger partial charge in [-0.15, -0.1) is 0 Å². The fraction of sp³-hybridized carbons (Fsp3) is 1.00. The van der Waals surface area contributed by atoms with Gasteiger partial charge in [0.25, 0.3) is 0 Å². The van der Waals surface area contributed by atoms with Gasteiger partial charge in [0.05, 0.1) is 12.2 Å². The summed E-state index contributed by atoms with van der Waals surface area (Å²) in [4.78, 5) is 0. The average Bonchev–Trinajstić information content (AvgIpc) is 2.79. The number of hydrogen-bond acceptors (Lipinski definition) is 3. The van der Waals surface area contributed by atoms with Crippen molar-refractivity contribution in [2.24, 2.45) is 5.92 Å². The van der Waals surface area contributed by atoms with Crippen molar-refractivity contribution < 1.29 is 14.6 Å². The molecule has 0 aromatic rings. The zero-order chi connectivity index (χ0) is 9.64. The van der Waals surface area contributed by atoms with Crippen LogP contribution in [0.1, 0.15) is 19.8 Å². The smallest absolute Gasteiger partial charge is 0.104 e. The summed E-state index contributed by atoms with van der Waals surface area (Å²) in [5, 5.41) is 22.2. The molecule has 1 saturated heterocycles. The molecule has 1 saturated carbocycles. The van der Waals surface area contributed by atoms with Crippen molar-refractivity contribution in [1.29, 1.82) is 0 Å². The van der Waals surface area contributed by atoms with E-state index in [1.807, 2.05) is 0 Å². The first-order chi connectivity index (χ1) is 6.07. The number of β-amino-alcohol motifs (C(OH)–C–C–N with tert-alkyl or cyclic N) is 1. The van der Waals surface area contributed by atoms with Crippen LogP contribution in [0.25, 0.3) is 0 Å². The molecule has 0 radical (unpaired) electrons. The Morgan fingerprint density at radius 1 is 1.46 bits per heavy atom. The van der Waals surface area contributed by atoms with E-state index in [0.717, 1.165) is 12.8 Å². The Morgan fingerprint density at radius 3 is 2.54 bits per heavy atom. The zero-order valence-electron chi connectivity index (χ0n) is 7.70. The van der Waals surface area contributed by atoms with E-state index in [0.29, 0.717) is 6.54 Å². The molecule has 1 aliphatic heterocycles. The minimum absolute atomic E-state index is 0.215. The van der Waals surface area contributed by atoms with Crippen LogP contribution in [0.5, 0.6) is 0 Å².